The van der Waals surface area contributed by atoms with Crippen LogP contribution in [-0.4, -0.2) is 30.3 Å². The zero-order valence-electron chi connectivity index (χ0n) is 16.7. The Bertz CT molecular complexity index is 1260. The van der Waals surface area contributed by atoms with Crippen LogP contribution in [0.15, 0.2) is 72.8 Å². The number of para-hydroxylation sites is 3. The summed E-state index contributed by atoms with van der Waals surface area (Å²) in [5.41, 5.74) is 2.92. The summed E-state index contributed by atoms with van der Waals surface area (Å²) in [4.78, 5) is 0. The Morgan fingerprint density at radius 1 is 0.793 bits per heavy atom. The van der Waals surface area contributed by atoms with E-state index in [0.717, 1.165) is 22.1 Å². The van der Waals surface area contributed by atoms with E-state index in [4.69, 9.17) is 0 Å². The second-order valence-electron chi connectivity index (χ2n) is 7.61. The number of fused-ring (bicyclic) bond motifs is 4. The molecule has 0 aliphatic heterocycles. The Hall–Kier alpha value is -3.18. The molecule has 0 saturated carbocycles. The fourth-order valence-electron chi connectivity index (χ4n) is 4.48. The molecule has 5 rings (SSSR count). The summed E-state index contributed by atoms with van der Waals surface area (Å²) in [6.45, 7) is 4.06. The Labute approximate surface area is 169 Å². The van der Waals surface area contributed by atoms with Gasteiger partial charge in [-0.25, -0.2) is 4.68 Å². The van der Waals surface area contributed by atoms with E-state index in [1.54, 1.807) is 0 Å². The van der Waals surface area contributed by atoms with E-state index in [9.17, 15) is 5.11 Å². The van der Waals surface area contributed by atoms with E-state index in [1.807, 2.05) is 54.9 Å². The first kappa shape index (κ1) is 17.9. The summed E-state index contributed by atoms with van der Waals surface area (Å²) in [6.07, 6.45) is 0.779. The lowest BCUT2D eigenvalue weighted by molar-refractivity contribution is -0.0313. The van der Waals surface area contributed by atoms with Crippen LogP contribution in [0.2, 0.25) is 0 Å². The lowest BCUT2D eigenvalue weighted by Crippen LogP contribution is -2.43. The highest BCUT2D eigenvalue weighted by atomic mass is 16.3. The molecule has 1 N–H and O–H groups in total. The molecule has 0 fully saturated rings. The minimum absolute atomic E-state index is 0.422. The molecule has 0 amide bonds. The summed E-state index contributed by atoms with van der Waals surface area (Å²) in [7, 11) is 0. The number of rotatable bonds is 5. The van der Waals surface area contributed by atoms with Gasteiger partial charge in [-0.1, -0.05) is 67.6 Å². The molecule has 0 aliphatic rings. The van der Waals surface area contributed by atoms with Crippen LogP contribution in [0.4, 0.5) is 0 Å². The predicted octanol–water partition coefficient (Wildman–Crippen LogP) is 5.14. The zero-order valence-corrected chi connectivity index (χ0v) is 16.7. The normalized spacial score (nSPS) is 13.5. The van der Waals surface area contributed by atoms with Gasteiger partial charge in [0.15, 0.2) is 6.17 Å². The average molecular weight is 384 g/mol. The van der Waals surface area contributed by atoms with E-state index in [0.29, 0.717) is 12.8 Å². The van der Waals surface area contributed by atoms with Gasteiger partial charge in [0.05, 0.1) is 16.6 Å². The minimum atomic E-state index is -0.985. The molecule has 1 atom stereocenters. The van der Waals surface area contributed by atoms with Crippen molar-refractivity contribution in [2.45, 2.75) is 38.5 Å². The molecule has 0 saturated heterocycles. The Kier molecular flexibility index (Phi) is 4.14. The quantitative estimate of drug-likeness (QED) is 0.457. The van der Waals surface area contributed by atoms with Crippen LogP contribution < -0.4 is 0 Å². The number of aliphatic hydroxyl groups is 1. The summed E-state index contributed by atoms with van der Waals surface area (Å²) in [5.74, 6) is 0. The largest absolute Gasteiger partial charge is 0.386 e. The Balaban J connectivity index is 1.92. The molecular weight excluding hydrogens is 360 g/mol. The summed E-state index contributed by atoms with van der Waals surface area (Å²) >= 11 is 0. The van der Waals surface area contributed by atoms with Crippen molar-refractivity contribution in [2.75, 3.05) is 0 Å². The van der Waals surface area contributed by atoms with Gasteiger partial charge in [0.2, 0.25) is 0 Å². The lowest BCUT2D eigenvalue weighted by atomic mass is 9.93. The van der Waals surface area contributed by atoms with Gasteiger partial charge in [-0.3, -0.25) is 0 Å². The molecule has 0 bridgehead atoms. The van der Waals surface area contributed by atoms with Crippen molar-refractivity contribution >= 4 is 32.8 Å². The first-order valence-corrected chi connectivity index (χ1v) is 10.2. The van der Waals surface area contributed by atoms with Crippen LogP contribution in [0.5, 0.6) is 0 Å². The molecule has 1 unspecified atom stereocenters. The number of hydrogen-bond donors (Lipinski definition) is 1. The second-order valence-corrected chi connectivity index (χ2v) is 7.61. The van der Waals surface area contributed by atoms with Gasteiger partial charge in [0, 0.05) is 10.8 Å². The average Bonchev–Trinajstić information content (AvgIpc) is 3.34. The molecule has 146 valence electrons. The van der Waals surface area contributed by atoms with Crippen LogP contribution >= 0.6 is 0 Å². The SMILES string of the molecule is CCC(O)(CC)C(n1nnc2ccccc21)n1c2ccccc2c2ccccc21. The number of benzene rings is 3. The third kappa shape index (κ3) is 2.58. The monoisotopic (exact) mass is 384 g/mol. The highest BCUT2D eigenvalue weighted by molar-refractivity contribution is 6.08. The smallest absolute Gasteiger partial charge is 0.158 e. The van der Waals surface area contributed by atoms with Gasteiger partial charge in [-0.15, -0.1) is 5.10 Å². The number of hydrogen-bond acceptors (Lipinski definition) is 3. The number of aromatic nitrogens is 4. The molecule has 2 heterocycles. The third-order valence-corrected chi connectivity index (χ3v) is 6.18. The molecule has 29 heavy (non-hydrogen) atoms. The maximum Gasteiger partial charge on any atom is 0.158 e. The predicted molar refractivity (Wildman–Crippen MR) is 117 cm³/mol. The fraction of sp³-hybridized carbons (Fsp3) is 0.250. The fourth-order valence-corrected chi connectivity index (χ4v) is 4.48. The minimum Gasteiger partial charge on any atom is -0.386 e. The van der Waals surface area contributed by atoms with Crippen LogP contribution in [0.1, 0.15) is 32.9 Å². The Morgan fingerprint density at radius 3 is 1.90 bits per heavy atom. The Morgan fingerprint density at radius 2 is 1.31 bits per heavy atom. The first-order valence-electron chi connectivity index (χ1n) is 10.2. The summed E-state index contributed by atoms with van der Waals surface area (Å²) in [5, 5.41) is 23.0. The van der Waals surface area contributed by atoms with Gasteiger partial charge in [-0.05, 0) is 37.1 Å². The molecular formula is C24H24N4O. The molecule has 5 nitrogen and oxygen atoms in total. The molecule has 0 radical (unpaired) electrons. The molecule has 3 aromatic carbocycles. The van der Waals surface area contributed by atoms with Crippen molar-refractivity contribution in [1.29, 1.82) is 0 Å². The van der Waals surface area contributed by atoms with E-state index in [2.05, 4.69) is 51.3 Å². The molecule has 5 heteroatoms. The second kappa shape index (κ2) is 6.71. The van der Waals surface area contributed by atoms with Crippen LogP contribution in [0, 0.1) is 0 Å². The van der Waals surface area contributed by atoms with Crippen LogP contribution in [0.25, 0.3) is 32.8 Å². The van der Waals surface area contributed by atoms with Gasteiger partial charge in [0.25, 0.3) is 0 Å². The van der Waals surface area contributed by atoms with Crippen molar-refractivity contribution < 1.29 is 5.11 Å². The maximum atomic E-state index is 11.8. The van der Waals surface area contributed by atoms with Gasteiger partial charge >= 0.3 is 0 Å². The van der Waals surface area contributed by atoms with Gasteiger partial charge in [-0.2, -0.15) is 0 Å². The van der Waals surface area contributed by atoms with E-state index >= 15 is 0 Å². The van der Waals surface area contributed by atoms with E-state index in [-0.39, 0.29) is 0 Å². The molecule has 5 aromatic rings. The summed E-state index contributed by atoms with van der Waals surface area (Å²) < 4.78 is 4.12. The van der Waals surface area contributed by atoms with E-state index < -0.39 is 11.8 Å². The highest BCUT2D eigenvalue weighted by Gasteiger charge is 2.39. The first-order chi connectivity index (χ1) is 14.2. The maximum absolute atomic E-state index is 11.8. The third-order valence-electron chi connectivity index (χ3n) is 6.18. The van der Waals surface area contributed by atoms with Crippen molar-refractivity contribution in [3.8, 4) is 0 Å². The van der Waals surface area contributed by atoms with Crippen molar-refractivity contribution in [3.05, 3.63) is 72.8 Å². The van der Waals surface area contributed by atoms with Crippen LogP contribution in [-0.2, 0) is 0 Å². The van der Waals surface area contributed by atoms with Crippen molar-refractivity contribution in [2.24, 2.45) is 0 Å². The highest BCUT2D eigenvalue weighted by Crippen LogP contribution is 2.39. The standard InChI is InChI=1S/C24H24N4O/c1-3-24(29,4-2)23(28-22-16-10-7-13-19(22)25-26-28)27-20-14-8-5-11-17(20)18-12-6-9-15-21(18)27/h5-16,23,29H,3-4H2,1-2H3. The topological polar surface area (TPSA) is 55.9 Å². The van der Waals surface area contributed by atoms with Crippen molar-refractivity contribution in [3.63, 3.8) is 0 Å². The van der Waals surface area contributed by atoms with Crippen LogP contribution in [0.3, 0.4) is 0 Å². The lowest BCUT2D eigenvalue weighted by Gasteiger charge is -2.36. The molecule has 0 spiro atoms. The summed E-state index contributed by atoms with van der Waals surface area (Å²) in [6, 6.07) is 24.7. The zero-order chi connectivity index (χ0) is 20.0. The molecule has 0 aliphatic carbocycles. The van der Waals surface area contributed by atoms with Gasteiger partial charge < -0.3 is 9.67 Å². The van der Waals surface area contributed by atoms with E-state index in [1.165, 1.54) is 10.8 Å². The van der Waals surface area contributed by atoms with Gasteiger partial charge in [0.1, 0.15) is 11.1 Å². The number of nitrogens with zero attached hydrogens (tertiary/aromatic N) is 4. The van der Waals surface area contributed by atoms with Crippen molar-refractivity contribution in [1.82, 2.24) is 19.6 Å². The molecule has 2 aromatic heterocycles.